The van der Waals surface area contributed by atoms with E-state index < -0.39 is 127 Å². The molecule has 398 valence electrons. The normalized spacial score (nSPS) is 30.5. The van der Waals surface area contributed by atoms with Gasteiger partial charge in [0.2, 0.25) is 5.91 Å². The Bertz CT molecular complexity index is 2120. The van der Waals surface area contributed by atoms with Gasteiger partial charge in [0, 0.05) is 56.9 Å². The zero-order valence-electron chi connectivity index (χ0n) is 41.1. The first-order valence-corrected chi connectivity index (χ1v) is 23.5. The van der Waals surface area contributed by atoms with Crippen molar-refractivity contribution >= 4 is 29.7 Å². The number of hydrogen-bond acceptors (Lipinski definition) is 17. The Balaban J connectivity index is 1.51. The van der Waals surface area contributed by atoms with Gasteiger partial charge in [-0.05, 0) is 23.1 Å². The molecule has 24 heteroatoms. The van der Waals surface area contributed by atoms with Crippen LogP contribution in [0.2, 0.25) is 0 Å². The zero-order valence-corrected chi connectivity index (χ0v) is 41.1. The summed E-state index contributed by atoms with van der Waals surface area (Å²) in [6.45, 7) is 9.14. The van der Waals surface area contributed by atoms with Crippen LogP contribution in [-0.4, -0.2) is 143 Å². The molecule has 0 saturated carbocycles. The number of rotatable bonds is 23. The van der Waals surface area contributed by atoms with Crippen LogP contribution in [-0.2, 0) is 89.3 Å². The standard InChI is InChI=1S/C48H64F3N5O16/c1-26-35(23-62-21-33-15-10-8-11-16-33)68-46(43(67-32(7)60)42(26)72-45-39(55-56-52)28(3)40(66-31(6)59)37(70-45)25-65-30(5)58)71-41-27(2)38(54-29(4)57)44(64-20-14-19-53-47(61)48(49,50)51)69-36(41)24-63-22-34-17-12-9-13-18-34/h8-13,15-18,26-28,35-46H,14,19-25H2,1-7H3,(H,53,61)(H,54,57)/t26-,27+,28+,35?,36?,37?,38?,39?,40+,41-,42-,43?,44+,45-,46-/m0/s1. The van der Waals surface area contributed by atoms with Crippen LogP contribution in [0.5, 0.6) is 0 Å². The Hall–Kier alpha value is -5.43. The summed E-state index contributed by atoms with van der Waals surface area (Å²) in [5, 5.41) is 8.61. The van der Waals surface area contributed by atoms with E-state index in [4.69, 9.17) is 52.1 Å². The summed E-state index contributed by atoms with van der Waals surface area (Å²) in [6.07, 6.45) is -17.0. The predicted molar refractivity (Wildman–Crippen MR) is 243 cm³/mol. The van der Waals surface area contributed by atoms with Crippen molar-refractivity contribution in [3.63, 3.8) is 0 Å². The quantitative estimate of drug-likeness (QED) is 0.0372. The summed E-state index contributed by atoms with van der Waals surface area (Å²) in [4.78, 5) is 64.6. The molecular formula is C48H64F3N5O16. The van der Waals surface area contributed by atoms with Gasteiger partial charge in [-0.2, -0.15) is 13.2 Å². The Morgan fingerprint density at radius 3 is 1.76 bits per heavy atom. The summed E-state index contributed by atoms with van der Waals surface area (Å²) in [7, 11) is 0. The van der Waals surface area contributed by atoms with Crippen molar-refractivity contribution in [2.24, 2.45) is 22.9 Å². The van der Waals surface area contributed by atoms with Crippen LogP contribution in [0.15, 0.2) is 65.8 Å². The lowest BCUT2D eigenvalue weighted by molar-refractivity contribution is -0.359. The molecule has 3 saturated heterocycles. The van der Waals surface area contributed by atoms with Crippen molar-refractivity contribution < 1.29 is 89.2 Å². The van der Waals surface area contributed by atoms with Crippen LogP contribution >= 0.6 is 0 Å². The van der Waals surface area contributed by atoms with Gasteiger partial charge < -0.3 is 62.7 Å². The van der Waals surface area contributed by atoms with E-state index in [1.54, 1.807) is 26.1 Å². The number of azide groups is 1. The summed E-state index contributed by atoms with van der Waals surface area (Å²) in [6, 6.07) is 16.4. The second-order valence-electron chi connectivity index (χ2n) is 17.8. The molecular weight excluding hydrogens is 960 g/mol. The van der Waals surface area contributed by atoms with Crippen LogP contribution < -0.4 is 10.6 Å². The minimum Gasteiger partial charge on any atom is -0.463 e. The van der Waals surface area contributed by atoms with Crippen LogP contribution in [0.25, 0.3) is 10.4 Å². The average molecular weight is 1020 g/mol. The van der Waals surface area contributed by atoms with E-state index in [2.05, 4.69) is 15.3 Å². The van der Waals surface area contributed by atoms with Gasteiger partial charge in [0.15, 0.2) is 25.0 Å². The van der Waals surface area contributed by atoms with E-state index in [-0.39, 0.29) is 52.6 Å². The molecule has 15 atom stereocenters. The van der Waals surface area contributed by atoms with E-state index >= 15 is 0 Å². The third-order valence-electron chi connectivity index (χ3n) is 12.2. The molecule has 3 heterocycles. The lowest BCUT2D eigenvalue weighted by atomic mass is 9.87. The molecule has 3 aliphatic rings. The minimum atomic E-state index is -5.07. The molecule has 2 amide bonds. The van der Waals surface area contributed by atoms with E-state index in [9.17, 15) is 42.7 Å². The molecule has 2 aromatic carbocycles. The molecule has 21 nitrogen and oxygen atoms in total. The van der Waals surface area contributed by atoms with Gasteiger partial charge in [-0.3, -0.25) is 24.0 Å². The molecule has 0 bridgehead atoms. The van der Waals surface area contributed by atoms with Crippen LogP contribution in [0.1, 0.15) is 66.0 Å². The summed E-state index contributed by atoms with van der Waals surface area (Å²) < 4.78 is 107. The first-order chi connectivity index (χ1) is 34.3. The fourth-order valence-electron chi connectivity index (χ4n) is 8.67. The van der Waals surface area contributed by atoms with Crippen LogP contribution in [0.3, 0.4) is 0 Å². The zero-order chi connectivity index (χ0) is 52.5. The fourth-order valence-corrected chi connectivity index (χ4v) is 8.67. The predicted octanol–water partition coefficient (Wildman–Crippen LogP) is 4.97. The number of halogens is 3. The third kappa shape index (κ3) is 16.8. The van der Waals surface area contributed by atoms with E-state index in [0.29, 0.717) is 0 Å². The molecule has 0 spiro atoms. The third-order valence-corrected chi connectivity index (χ3v) is 12.2. The van der Waals surface area contributed by atoms with Crippen molar-refractivity contribution in [1.29, 1.82) is 0 Å². The topological polar surface area (TPSA) is 260 Å². The fraction of sp³-hybridized carbons (Fsp3) is 0.646. The lowest BCUT2D eigenvalue weighted by Crippen LogP contribution is -2.65. The van der Waals surface area contributed by atoms with E-state index in [1.165, 1.54) is 27.7 Å². The van der Waals surface area contributed by atoms with Crippen molar-refractivity contribution in [3.8, 4) is 0 Å². The van der Waals surface area contributed by atoms with Gasteiger partial charge in [0.05, 0.1) is 57.3 Å². The number of amides is 2. The van der Waals surface area contributed by atoms with Gasteiger partial charge in [0.25, 0.3) is 0 Å². The molecule has 0 radical (unpaired) electrons. The molecule has 6 unspecified atom stereocenters. The van der Waals surface area contributed by atoms with E-state index in [1.807, 2.05) is 60.7 Å². The first kappa shape index (κ1) is 57.5. The Labute approximate surface area is 414 Å². The molecule has 0 aliphatic carbocycles. The lowest BCUT2D eigenvalue weighted by Gasteiger charge is -2.51. The monoisotopic (exact) mass is 1020 g/mol. The average Bonchev–Trinajstić information content (AvgIpc) is 3.32. The number of esters is 3. The van der Waals surface area contributed by atoms with Crippen molar-refractivity contribution in [1.82, 2.24) is 10.6 Å². The number of nitrogens with zero attached hydrogens (tertiary/aromatic N) is 3. The second-order valence-corrected chi connectivity index (χ2v) is 17.8. The number of alkyl halides is 3. The molecule has 2 aromatic rings. The number of nitrogens with one attached hydrogen (secondary N) is 2. The minimum absolute atomic E-state index is 0.0514. The number of benzene rings is 2. The molecule has 5 rings (SSSR count). The van der Waals surface area contributed by atoms with Crippen LogP contribution in [0, 0.1) is 17.8 Å². The van der Waals surface area contributed by atoms with Gasteiger partial charge in [0.1, 0.15) is 31.0 Å². The Kier molecular flexibility index (Phi) is 22.0. The smallest absolute Gasteiger partial charge is 0.463 e. The number of carbonyl (C=O) groups is 5. The maximum Gasteiger partial charge on any atom is 0.471 e. The highest BCUT2D eigenvalue weighted by Crippen LogP contribution is 2.40. The van der Waals surface area contributed by atoms with Gasteiger partial charge >= 0.3 is 30.0 Å². The summed E-state index contributed by atoms with van der Waals surface area (Å²) in [5.74, 6) is -6.89. The molecule has 72 heavy (non-hydrogen) atoms. The summed E-state index contributed by atoms with van der Waals surface area (Å²) in [5.41, 5.74) is 11.5. The van der Waals surface area contributed by atoms with Gasteiger partial charge in [-0.1, -0.05) is 86.5 Å². The van der Waals surface area contributed by atoms with Crippen molar-refractivity contribution in [2.45, 2.75) is 148 Å². The Morgan fingerprint density at radius 2 is 1.21 bits per heavy atom. The number of hydrogen-bond donors (Lipinski definition) is 2. The highest BCUT2D eigenvalue weighted by molar-refractivity contribution is 5.81. The Morgan fingerprint density at radius 1 is 0.667 bits per heavy atom. The highest BCUT2D eigenvalue weighted by atomic mass is 19.4. The second kappa shape index (κ2) is 27.6. The van der Waals surface area contributed by atoms with Crippen molar-refractivity contribution in [3.05, 3.63) is 82.2 Å². The number of carbonyl (C=O) groups excluding carboxylic acids is 5. The number of ether oxygens (including phenoxy) is 11. The van der Waals surface area contributed by atoms with E-state index in [0.717, 1.165) is 11.1 Å². The first-order valence-electron chi connectivity index (χ1n) is 23.5. The van der Waals surface area contributed by atoms with Gasteiger partial charge in [-0.15, -0.1) is 0 Å². The molecule has 2 N–H and O–H groups in total. The largest absolute Gasteiger partial charge is 0.471 e. The highest BCUT2D eigenvalue weighted by Gasteiger charge is 2.55. The SMILES string of the molecule is CC(=O)NC1[C@H](OCCCNC(=O)C(F)(F)F)OC(COCc2ccccc2)[C@@H](O[C@@H]2OC(COCc3ccccc3)[C@H](C)[C@H](O[C@@H]3OC(COC(C)=O)[C@H](OC(C)=O)[C@H](C)C3N=[N+]=[N-])C2OC(C)=O)[C@@H]1C. The van der Waals surface area contributed by atoms with Crippen LogP contribution in [0.4, 0.5) is 13.2 Å². The van der Waals surface area contributed by atoms with Gasteiger partial charge in [-0.25, -0.2) is 0 Å². The molecule has 3 aliphatic heterocycles. The molecule has 3 fully saturated rings. The van der Waals surface area contributed by atoms with Crippen molar-refractivity contribution in [2.75, 3.05) is 33.0 Å². The maximum atomic E-state index is 13.1. The summed E-state index contributed by atoms with van der Waals surface area (Å²) >= 11 is 0. The molecule has 0 aromatic heterocycles. The maximum absolute atomic E-state index is 13.1.